The fourth-order valence-electron chi connectivity index (χ4n) is 2.20. The Morgan fingerprint density at radius 3 is 2.10 bits per heavy atom. The Hall–Kier alpha value is -0.570. The summed E-state index contributed by atoms with van der Waals surface area (Å²) in [6.45, 7) is 8.82. The maximum Gasteiger partial charge on any atom is 0.305 e. The highest BCUT2D eigenvalue weighted by Gasteiger charge is 2.06. The molecule has 0 aliphatic rings. The van der Waals surface area contributed by atoms with Crippen molar-refractivity contribution in [3.05, 3.63) is 0 Å². The summed E-state index contributed by atoms with van der Waals surface area (Å²) >= 11 is 0. The second-order valence-corrected chi connectivity index (χ2v) is 5.63. The van der Waals surface area contributed by atoms with Crippen LogP contribution in [0.15, 0.2) is 0 Å². The van der Waals surface area contributed by atoms with Gasteiger partial charge in [0.1, 0.15) is 0 Å². The summed E-state index contributed by atoms with van der Waals surface area (Å²) < 4.78 is 10.7. The molecule has 0 aromatic heterocycles. The number of carbonyl (C=O) groups excluding carboxylic acids is 1. The topological polar surface area (TPSA) is 35.5 Å². The van der Waals surface area contributed by atoms with E-state index in [0.717, 1.165) is 25.7 Å². The number of ether oxygens (including phenoxy) is 2. The number of hydrogen-bond donors (Lipinski definition) is 0. The standard InChI is InChI=1S/C17H34O3/c1-5-15(3)20-16(4)13-11-9-7-8-10-12-14-17(18)19-6-2/h15-16H,5-14H2,1-4H3. The molecule has 3 heteroatoms. The van der Waals surface area contributed by atoms with Crippen molar-refractivity contribution in [3.8, 4) is 0 Å². The molecule has 0 spiro atoms. The zero-order chi connectivity index (χ0) is 15.2. The Labute approximate surface area is 125 Å². The summed E-state index contributed by atoms with van der Waals surface area (Å²) in [5.41, 5.74) is 0. The monoisotopic (exact) mass is 286 g/mol. The molecule has 0 radical (unpaired) electrons. The molecule has 0 saturated heterocycles. The molecule has 0 amide bonds. The fraction of sp³-hybridized carbons (Fsp3) is 0.941. The molecule has 0 bridgehead atoms. The van der Waals surface area contributed by atoms with Crippen LogP contribution in [-0.2, 0) is 14.3 Å². The van der Waals surface area contributed by atoms with E-state index in [0.29, 0.717) is 25.2 Å². The first-order chi connectivity index (χ1) is 9.60. The van der Waals surface area contributed by atoms with Gasteiger partial charge in [0.15, 0.2) is 0 Å². The van der Waals surface area contributed by atoms with Crippen LogP contribution in [0.1, 0.15) is 85.5 Å². The molecule has 0 aromatic rings. The van der Waals surface area contributed by atoms with Crippen LogP contribution in [0.4, 0.5) is 0 Å². The molecule has 0 heterocycles. The minimum Gasteiger partial charge on any atom is -0.466 e. The second-order valence-electron chi connectivity index (χ2n) is 5.63. The molecule has 0 rings (SSSR count). The van der Waals surface area contributed by atoms with Crippen LogP contribution < -0.4 is 0 Å². The van der Waals surface area contributed by atoms with Crippen molar-refractivity contribution < 1.29 is 14.3 Å². The van der Waals surface area contributed by atoms with Crippen molar-refractivity contribution in [3.63, 3.8) is 0 Å². The van der Waals surface area contributed by atoms with Gasteiger partial charge < -0.3 is 9.47 Å². The van der Waals surface area contributed by atoms with Gasteiger partial charge >= 0.3 is 5.97 Å². The van der Waals surface area contributed by atoms with E-state index >= 15 is 0 Å². The van der Waals surface area contributed by atoms with Gasteiger partial charge in [-0.3, -0.25) is 4.79 Å². The van der Waals surface area contributed by atoms with Gasteiger partial charge in [-0.05, 0) is 40.0 Å². The number of carbonyl (C=O) groups is 1. The Morgan fingerprint density at radius 2 is 1.50 bits per heavy atom. The van der Waals surface area contributed by atoms with E-state index in [1.807, 2.05) is 6.92 Å². The third kappa shape index (κ3) is 12.5. The molecule has 20 heavy (non-hydrogen) atoms. The highest BCUT2D eigenvalue weighted by atomic mass is 16.5. The van der Waals surface area contributed by atoms with Crippen LogP contribution in [0, 0.1) is 0 Å². The lowest BCUT2D eigenvalue weighted by molar-refractivity contribution is -0.143. The number of hydrogen-bond acceptors (Lipinski definition) is 3. The average Bonchev–Trinajstić information content (AvgIpc) is 2.41. The van der Waals surface area contributed by atoms with Gasteiger partial charge in [0.25, 0.3) is 0 Å². The molecule has 0 aliphatic heterocycles. The summed E-state index contributed by atoms with van der Waals surface area (Å²) in [6.07, 6.45) is 10.7. The molecule has 2 unspecified atom stereocenters. The Balaban J connectivity index is 3.26. The maximum absolute atomic E-state index is 11.1. The van der Waals surface area contributed by atoms with Crippen molar-refractivity contribution >= 4 is 5.97 Å². The first kappa shape index (κ1) is 19.4. The van der Waals surface area contributed by atoms with Gasteiger partial charge in [0.05, 0.1) is 18.8 Å². The summed E-state index contributed by atoms with van der Waals surface area (Å²) in [6, 6.07) is 0. The lowest BCUT2D eigenvalue weighted by atomic mass is 10.1. The predicted molar refractivity (Wildman–Crippen MR) is 83.9 cm³/mol. The lowest BCUT2D eigenvalue weighted by Gasteiger charge is -2.17. The Kier molecular flexibility index (Phi) is 13.0. The van der Waals surface area contributed by atoms with Crippen LogP contribution in [-0.4, -0.2) is 24.8 Å². The lowest BCUT2D eigenvalue weighted by Crippen LogP contribution is -2.16. The Morgan fingerprint density at radius 1 is 0.900 bits per heavy atom. The van der Waals surface area contributed by atoms with E-state index in [2.05, 4.69) is 20.8 Å². The smallest absolute Gasteiger partial charge is 0.305 e. The van der Waals surface area contributed by atoms with E-state index in [9.17, 15) is 4.79 Å². The molecule has 0 fully saturated rings. The molecule has 3 nitrogen and oxygen atoms in total. The van der Waals surface area contributed by atoms with Crippen molar-refractivity contribution in [1.29, 1.82) is 0 Å². The molecular weight excluding hydrogens is 252 g/mol. The number of unbranched alkanes of at least 4 members (excludes halogenated alkanes) is 5. The van der Waals surface area contributed by atoms with Gasteiger partial charge in [-0.2, -0.15) is 0 Å². The molecule has 0 aliphatic carbocycles. The van der Waals surface area contributed by atoms with Crippen molar-refractivity contribution in [2.45, 2.75) is 97.7 Å². The van der Waals surface area contributed by atoms with Gasteiger partial charge in [-0.15, -0.1) is 0 Å². The maximum atomic E-state index is 11.1. The third-order valence-electron chi connectivity index (χ3n) is 3.59. The van der Waals surface area contributed by atoms with Crippen LogP contribution in [0.5, 0.6) is 0 Å². The summed E-state index contributed by atoms with van der Waals surface area (Å²) in [5.74, 6) is -0.0523. The highest BCUT2D eigenvalue weighted by molar-refractivity contribution is 5.69. The van der Waals surface area contributed by atoms with Crippen molar-refractivity contribution in [1.82, 2.24) is 0 Å². The van der Waals surface area contributed by atoms with Crippen LogP contribution in [0.3, 0.4) is 0 Å². The van der Waals surface area contributed by atoms with Crippen LogP contribution in [0.25, 0.3) is 0 Å². The van der Waals surface area contributed by atoms with E-state index in [4.69, 9.17) is 9.47 Å². The van der Waals surface area contributed by atoms with E-state index in [1.54, 1.807) is 0 Å². The van der Waals surface area contributed by atoms with Crippen molar-refractivity contribution in [2.75, 3.05) is 6.61 Å². The first-order valence-electron chi connectivity index (χ1n) is 8.41. The third-order valence-corrected chi connectivity index (χ3v) is 3.59. The van der Waals surface area contributed by atoms with Gasteiger partial charge in [0, 0.05) is 6.42 Å². The summed E-state index contributed by atoms with van der Waals surface area (Å²) in [7, 11) is 0. The summed E-state index contributed by atoms with van der Waals surface area (Å²) in [5, 5.41) is 0. The first-order valence-corrected chi connectivity index (χ1v) is 8.41. The zero-order valence-electron chi connectivity index (χ0n) is 14.0. The van der Waals surface area contributed by atoms with Crippen LogP contribution >= 0.6 is 0 Å². The van der Waals surface area contributed by atoms with Gasteiger partial charge in [0.2, 0.25) is 0 Å². The predicted octanol–water partition coefficient (Wildman–Crippen LogP) is 4.87. The summed E-state index contributed by atoms with van der Waals surface area (Å²) in [4.78, 5) is 11.1. The molecule has 2 atom stereocenters. The van der Waals surface area contributed by atoms with E-state index < -0.39 is 0 Å². The largest absolute Gasteiger partial charge is 0.466 e. The number of esters is 1. The Bertz CT molecular complexity index is 228. The highest BCUT2D eigenvalue weighted by Crippen LogP contribution is 2.13. The van der Waals surface area contributed by atoms with Gasteiger partial charge in [-0.25, -0.2) is 0 Å². The van der Waals surface area contributed by atoms with E-state index in [1.165, 1.54) is 25.7 Å². The minimum atomic E-state index is -0.0523. The molecule has 0 saturated carbocycles. The normalized spacial score (nSPS) is 14.0. The molecule has 0 N–H and O–H groups in total. The van der Waals surface area contributed by atoms with E-state index in [-0.39, 0.29) is 5.97 Å². The quantitative estimate of drug-likeness (QED) is 0.358. The molecule has 0 aromatic carbocycles. The fourth-order valence-corrected chi connectivity index (χ4v) is 2.20. The van der Waals surface area contributed by atoms with Crippen LogP contribution in [0.2, 0.25) is 0 Å². The average molecular weight is 286 g/mol. The van der Waals surface area contributed by atoms with Crippen molar-refractivity contribution in [2.24, 2.45) is 0 Å². The zero-order valence-corrected chi connectivity index (χ0v) is 14.0. The van der Waals surface area contributed by atoms with Gasteiger partial charge in [-0.1, -0.05) is 39.0 Å². The SMILES string of the molecule is CCOC(=O)CCCCCCCCC(C)OC(C)CC. The molecular formula is C17H34O3. The molecule has 120 valence electrons. The second kappa shape index (κ2) is 13.4. The number of rotatable bonds is 13. The minimum absolute atomic E-state index is 0.0523.